The van der Waals surface area contributed by atoms with E-state index in [2.05, 4.69) is 5.32 Å². The van der Waals surface area contributed by atoms with Crippen LogP contribution in [-0.2, 0) is 9.53 Å². The summed E-state index contributed by atoms with van der Waals surface area (Å²) in [6.45, 7) is 5.52. The van der Waals surface area contributed by atoms with Gasteiger partial charge in [0.2, 0.25) is 0 Å². The van der Waals surface area contributed by atoms with E-state index in [1.54, 1.807) is 31.3 Å². The minimum absolute atomic E-state index is 0.0811. The number of carbonyl (C=O) groups is 2. The van der Waals surface area contributed by atoms with Crippen molar-refractivity contribution in [3.8, 4) is 0 Å². The van der Waals surface area contributed by atoms with Crippen LogP contribution in [0.2, 0.25) is 0 Å². The van der Waals surface area contributed by atoms with Gasteiger partial charge in [0.05, 0.1) is 6.54 Å². The molecule has 0 unspecified atom stereocenters. The minimum atomic E-state index is -0.539. The van der Waals surface area contributed by atoms with Crippen molar-refractivity contribution in [2.75, 3.05) is 23.8 Å². The summed E-state index contributed by atoms with van der Waals surface area (Å²) >= 11 is 0. The molecule has 7 heteroatoms. The van der Waals surface area contributed by atoms with E-state index in [1.165, 1.54) is 4.90 Å². The fourth-order valence-corrected chi connectivity index (χ4v) is 1.47. The maximum atomic E-state index is 11.9. The van der Waals surface area contributed by atoms with Gasteiger partial charge in [0.15, 0.2) is 0 Å². The van der Waals surface area contributed by atoms with Crippen LogP contribution in [0.4, 0.5) is 16.2 Å². The molecule has 2 amide bonds. The minimum Gasteiger partial charge on any atom is -0.443 e. The third kappa shape index (κ3) is 5.70. The highest BCUT2D eigenvalue weighted by atomic mass is 16.6. The summed E-state index contributed by atoms with van der Waals surface area (Å²) in [7, 11) is 1.64. The zero-order chi connectivity index (χ0) is 16.0. The molecule has 1 rings (SSSR count). The van der Waals surface area contributed by atoms with Crippen molar-refractivity contribution in [2.45, 2.75) is 26.4 Å². The first-order valence-corrected chi connectivity index (χ1v) is 6.53. The van der Waals surface area contributed by atoms with Crippen LogP contribution < -0.4 is 21.5 Å². The first-order chi connectivity index (χ1) is 9.73. The molecule has 7 nitrogen and oxygen atoms in total. The van der Waals surface area contributed by atoms with Crippen molar-refractivity contribution >= 4 is 23.4 Å². The SMILES string of the molecule is CN(C(=O)OC(C)(C)C)c1ccc(NCC(=O)NN)cc1. The van der Waals surface area contributed by atoms with E-state index in [1.807, 2.05) is 26.2 Å². The topological polar surface area (TPSA) is 96.7 Å². The Bertz CT molecular complexity index is 494. The zero-order valence-corrected chi connectivity index (χ0v) is 12.8. The van der Waals surface area contributed by atoms with Gasteiger partial charge in [-0.15, -0.1) is 0 Å². The lowest BCUT2D eigenvalue weighted by Crippen LogP contribution is -2.35. The van der Waals surface area contributed by atoms with Gasteiger partial charge in [0, 0.05) is 18.4 Å². The highest BCUT2D eigenvalue weighted by Gasteiger charge is 2.20. The number of carbonyl (C=O) groups excluding carboxylic acids is 2. The number of benzene rings is 1. The lowest BCUT2D eigenvalue weighted by Gasteiger charge is -2.24. The molecule has 0 atom stereocenters. The third-order valence-electron chi connectivity index (χ3n) is 2.54. The van der Waals surface area contributed by atoms with E-state index < -0.39 is 11.7 Å². The molecule has 1 aromatic rings. The van der Waals surface area contributed by atoms with Gasteiger partial charge in [0.25, 0.3) is 5.91 Å². The van der Waals surface area contributed by atoms with Crippen LogP contribution in [-0.4, -0.2) is 31.2 Å². The smallest absolute Gasteiger partial charge is 0.414 e. The summed E-state index contributed by atoms with van der Waals surface area (Å²) in [6.07, 6.45) is -0.425. The summed E-state index contributed by atoms with van der Waals surface area (Å²) in [4.78, 5) is 24.4. The third-order valence-corrected chi connectivity index (χ3v) is 2.54. The normalized spacial score (nSPS) is 10.7. The molecule has 0 spiro atoms. The Morgan fingerprint density at radius 3 is 2.29 bits per heavy atom. The van der Waals surface area contributed by atoms with Gasteiger partial charge in [-0.1, -0.05) is 0 Å². The predicted octanol–water partition coefficient (Wildman–Crippen LogP) is 1.46. The van der Waals surface area contributed by atoms with Crippen molar-refractivity contribution in [3.05, 3.63) is 24.3 Å². The second-order valence-corrected chi connectivity index (χ2v) is 5.51. The van der Waals surface area contributed by atoms with Gasteiger partial charge in [0.1, 0.15) is 5.60 Å². The fraction of sp³-hybridized carbons (Fsp3) is 0.429. The molecule has 0 radical (unpaired) electrons. The number of hydrazine groups is 1. The summed E-state index contributed by atoms with van der Waals surface area (Å²) in [5.74, 6) is 4.67. The number of nitrogens with two attached hydrogens (primary N) is 1. The molecule has 4 N–H and O–H groups in total. The van der Waals surface area contributed by atoms with Gasteiger partial charge in [-0.3, -0.25) is 15.1 Å². The molecule has 0 aromatic heterocycles. The summed E-state index contributed by atoms with van der Waals surface area (Å²) in [6, 6.07) is 7.04. The van der Waals surface area contributed by atoms with Crippen molar-refractivity contribution in [3.63, 3.8) is 0 Å². The van der Waals surface area contributed by atoms with Crippen molar-refractivity contribution in [1.29, 1.82) is 0 Å². The molecule has 21 heavy (non-hydrogen) atoms. The molecule has 0 aliphatic carbocycles. The van der Waals surface area contributed by atoms with Crippen LogP contribution in [0.3, 0.4) is 0 Å². The average Bonchev–Trinajstić information content (AvgIpc) is 2.42. The quantitative estimate of drug-likeness (QED) is 0.444. The van der Waals surface area contributed by atoms with Crippen LogP contribution in [0.15, 0.2) is 24.3 Å². The van der Waals surface area contributed by atoms with E-state index in [-0.39, 0.29) is 12.5 Å². The van der Waals surface area contributed by atoms with Crippen LogP contribution in [0.5, 0.6) is 0 Å². The summed E-state index contributed by atoms with van der Waals surface area (Å²) in [5.41, 5.74) is 2.93. The van der Waals surface area contributed by atoms with E-state index in [0.717, 1.165) is 5.69 Å². The molecule has 0 bridgehead atoms. The molecule has 1 aromatic carbocycles. The summed E-state index contributed by atoms with van der Waals surface area (Å²) < 4.78 is 5.28. The first-order valence-electron chi connectivity index (χ1n) is 6.53. The van der Waals surface area contributed by atoms with Gasteiger partial charge in [-0.2, -0.15) is 0 Å². The molecule has 0 aliphatic rings. The maximum Gasteiger partial charge on any atom is 0.414 e. The Kier molecular flexibility index (Phi) is 5.54. The number of anilines is 2. The van der Waals surface area contributed by atoms with E-state index in [4.69, 9.17) is 10.6 Å². The van der Waals surface area contributed by atoms with Gasteiger partial charge >= 0.3 is 6.09 Å². The number of rotatable bonds is 4. The van der Waals surface area contributed by atoms with Crippen LogP contribution in [0.25, 0.3) is 0 Å². The molecular formula is C14H22N4O3. The number of hydrogen-bond acceptors (Lipinski definition) is 5. The zero-order valence-electron chi connectivity index (χ0n) is 12.8. The van der Waals surface area contributed by atoms with Gasteiger partial charge in [-0.25, -0.2) is 10.6 Å². The average molecular weight is 294 g/mol. The first kappa shape index (κ1) is 16.8. The Morgan fingerprint density at radius 1 is 1.24 bits per heavy atom. The number of nitrogens with zero attached hydrogens (tertiary/aromatic N) is 1. The van der Waals surface area contributed by atoms with Crippen LogP contribution >= 0.6 is 0 Å². The number of nitrogens with one attached hydrogen (secondary N) is 2. The fourth-order valence-electron chi connectivity index (χ4n) is 1.47. The van der Waals surface area contributed by atoms with Crippen LogP contribution in [0.1, 0.15) is 20.8 Å². The Hall–Kier alpha value is -2.28. The Morgan fingerprint density at radius 2 is 1.81 bits per heavy atom. The Labute approximate surface area is 124 Å². The van der Waals surface area contributed by atoms with Gasteiger partial charge in [-0.05, 0) is 45.0 Å². The Balaban J connectivity index is 2.64. The highest BCUT2D eigenvalue weighted by molar-refractivity contribution is 5.87. The largest absolute Gasteiger partial charge is 0.443 e. The van der Waals surface area contributed by atoms with Crippen molar-refractivity contribution < 1.29 is 14.3 Å². The number of hydrogen-bond donors (Lipinski definition) is 3. The maximum absolute atomic E-state index is 11.9. The van der Waals surface area contributed by atoms with Crippen molar-refractivity contribution in [2.24, 2.45) is 5.84 Å². The van der Waals surface area contributed by atoms with E-state index in [9.17, 15) is 9.59 Å². The molecule has 0 fully saturated rings. The summed E-state index contributed by atoms with van der Waals surface area (Å²) in [5, 5.41) is 2.90. The second kappa shape index (κ2) is 6.94. The molecule has 116 valence electrons. The van der Waals surface area contributed by atoms with E-state index >= 15 is 0 Å². The molecule has 0 heterocycles. The molecule has 0 saturated heterocycles. The van der Waals surface area contributed by atoms with E-state index in [0.29, 0.717) is 5.69 Å². The van der Waals surface area contributed by atoms with Crippen LogP contribution in [0, 0.1) is 0 Å². The highest BCUT2D eigenvalue weighted by Crippen LogP contribution is 2.19. The van der Waals surface area contributed by atoms with Crippen molar-refractivity contribution in [1.82, 2.24) is 5.43 Å². The second-order valence-electron chi connectivity index (χ2n) is 5.51. The standard InChI is InChI=1S/C14H22N4O3/c1-14(2,3)21-13(20)18(4)11-7-5-10(6-8-11)16-9-12(19)17-15/h5-8,16H,9,15H2,1-4H3,(H,17,19). The van der Waals surface area contributed by atoms with Gasteiger partial charge < -0.3 is 10.1 Å². The lowest BCUT2D eigenvalue weighted by molar-refractivity contribution is -0.119. The predicted molar refractivity (Wildman–Crippen MR) is 81.9 cm³/mol. The molecular weight excluding hydrogens is 272 g/mol. The number of amides is 2. The monoisotopic (exact) mass is 294 g/mol. The molecule has 0 aliphatic heterocycles. The lowest BCUT2D eigenvalue weighted by atomic mass is 10.2. The molecule has 0 saturated carbocycles. The number of ether oxygens (including phenoxy) is 1.